The number of nitrogens with zero attached hydrogens (tertiary/aromatic N) is 5. The van der Waals surface area contributed by atoms with Gasteiger partial charge in [-0.25, -0.2) is 14.5 Å². The maximum absolute atomic E-state index is 12.7. The molecule has 1 aromatic heterocycles. The van der Waals surface area contributed by atoms with E-state index in [9.17, 15) is 9.59 Å². The van der Waals surface area contributed by atoms with Gasteiger partial charge in [-0.3, -0.25) is 4.79 Å². The first-order valence-electron chi connectivity index (χ1n) is 9.84. The largest absolute Gasteiger partial charge is 0.363 e. The molecule has 2 aliphatic rings. The average molecular weight is 398 g/mol. The van der Waals surface area contributed by atoms with Gasteiger partial charge in [-0.2, -0.15) is 5.10 Å². The number of likely N-dealkylation sites (tertiary alicyclic amines) is 1. The Morgan fingerprint density at radius 1 is 1.24 bits per heavy atom. The molecule has 2 saturated heterocycles. The van der Waals surface area contributed by atoms with Crippen LogP contribution in [0.15, 0.2) is 36.9 Å². The summed E-state index contributed by atoms with van der Waals surface area (Å²) in [6.45, 7) is 3.93. The van der Waals surface area contributed by atoms with Crippen molar-refractivity contribution in [1.82, 2.24) is 29.9 Å². The molecule has 2 aromatic rings. The second-order valence-electron chi connectivity index (χ2n) is 7.81. The minimum absolute atomic E-state index is 0.0134. The Kier molecular flexibility index (Phi) is 5.23. The van der Waals surface area contributed by atoms with Gasteiger partial charge in [-0.05, 0) is 37.5 Å². The quantitative estimate of drug-likeness (QED) is 0.843. The molecule has 154 valence electrons. The molecule has 0 saturated carbocycles. The molecular weight excluding hydrogens is 372 g/mol. The van der Waals surface area contributed by atoms with E-state index in [4.69, 9.17) is 4.74 Å². The van der Waals surface area contributed by atoms with Crippen LogP contribution in [0, 0.1) is 0 Å². The van der Waals surface area contributed by atoms with E-state index in [1.807, 2.05) is 43.1 Å². The van der Waals surface area contributed by atoms with Gasteiger partial charge in [0.15, 0.2) is 0 Å². The second-order valence-corrected chi connectivity index (χ2v) is 7.81. The van der Waals surface area contributed by atoms with E-state index >= 15 is 0 Å². The van der Waals surface area contributed by atoms with Crippen molar-refractivity contribution in [3.05, 3.63) is 42.5 Å². The van der Waals surface area contributed by atoms with Gasteiger partial charge in [0, 0.05) is 26.7 Å². The van der Waals surface area contributed by atoms with Gasteiger partial charge in [0.05, 0.1) is 17.3 Å². The van der Waals surface area contributed by atoms with E-state index in [1.165, 1.54) is 6.33 Å². The highest BCUT2D eigenvalue weighted by molar-refractivity contribution is 5.78. The second kappa shape index (κ2) is 7.82. The molecule has 1 spiro atoms. The molecule has 2 fully saturated rings. The third kappa shape index (κ3) is 4.09. The first-order chi connectivity index (χ1) is 14.0. The minimum Gasteiger partial charge on any atom is -0.363 e. The van der Waals surface area contributed by atoms with Crippen molar-refractivity contribution in [3.63, 3.8) is 0 Å². The van der Waals surface area contributed by atoms with Gasteiger partial charge in [0.2, 0.25) is 5.91 Å². The van der Waals surface area contributed by atoms with Gasteiger partial charge in [-0.15, -0.1) is 0 Å². The maximum atomic E-state index is 12.7. The number of hydrogen-bond acceptors (Lipinski definition) is 5. The molecule has 2 aliphatic heterocycles. The Morgan fingerprint density at radius 2 is 1.97 bits per heavy atom. The molecule has 0 bridgehead atoms. The summed E-state index contributed by atoms with van der Waals surface area (Å²) in [5.74, 6) is 0.0134. The summed E-state index contributed by atoms with van der Waals surface area (Å²) in [6.07, 6.45) is 4.61. The summed E-state index contributed by atoms with van der Waals surface area (Å²) in [5, 5.41) is 7.19. The van der Waals surface area contributed by atoms with Crippen LogP contribution in [-0.2, 0) is 9.53 Å². The number of ether oxygens (including phenoxy) is 1. The number of rotatable bonds is 3. The summed E-state index contributed by atoms with van der Waals surface area (Å²) in [4.78, 5) is 31.9. The standard InChI is InChI=1S/C20H26N6O3/c1-15(16-3-5-17(6-4-16)26-14-21-13-22-26)23-19(28)25-9-7-20(8-10-25)12-24(2)18(27)11-29-20/h3-6,13-15H,7-12H2,1-2H3,(H,23,28). The lowest BCUT2D eigenvalue weighted by Crippen LogP contribution is -2.59. The molecule has 0 aliphatic carbocycles. The molecule has 9 nitrogen and oxygen atoms in total. The van der Waals surface area contributed by atoms with Crippen molar-refractivity contribution >= 4 is 11.9 Å². The fraction of sp³-hybridized carbons (Fsp3) is 0.500. The van der Waals surface area contributed by atoms with E-state index in [0.717, 1.165) is 24.1 Å². The van der Waals surface area contributed by atoms with Crippen LogP contribution in [-0.4, -0.2) is 75.4 Å². The Morgan fingerprint density at radius 3 is 2.59 bits per heavy atom. The topological polar surface area (TPSA) is 92.6 Å². The highest BCUT2D eigenvalue weighted by atomic mass is 16.5. The molecule has 1 atom stereocenters. The third-order valence-electron chi connectivity index (χ3n) is 5.83. The summed E-state index contributed by atoms with van der Waals surface area (Å²) < 4.78 is 7.54. The Hall–Kier alpha value is -2.94. The van der Waals surface area contributed by atoms with Gasteiger partial charge in [0.25, 0.3) is 0 Å². The van der Waals surface area contributed by atoms with Gasteiger partial charge >= 0.3 is 6.03 Å². The SMILES string of the molecule is CC(NC(=O)N1CCC2(CC1)CN(C)C(=O)CO2)c1ccc(-n2cncn2)cc1. The molecule has 9 heteroatoms. The molecule has 29 heavy (non-hydrogen) atoms. The summed E-state index contributed by atoms with van der Waals surface area (Å²) in [7, 11) is 1.81. The number of aromatic nitrogens is 3. The fourth-order valence-corrected chi connectivity index (χ4v) is 3.93. The molecule has 0 radical (unpaired) electrons. The monoisotopic (exact) mass is 398 g/mol. The van der Waals surface area contributed by atoms with Crippen LogP contribution in [0.1, 0.15) is 31.4 Å². The number of amides is 3. The lowest BCUT2D eigenvalue weighted by atomic mass is 9.89. The number of morpholine rings is 1. The molecule has 1 aromatic carbocycles. The maximum Gasteiger partial charge on any atom is 0.317 e. The van der Waals surface area contributed by atoms with Gasteiger partial charge < -0.3 is 19.9 Å². The van der Waals surface area contributed by atoms with E-state index < -0.39 is 0 Å². The summed E-state index contributed by atoms with van der Waals surface area (Å²) in [5.41, 5.74) is 1.62. The van der Waals surface area contributed by atoms with Crippen molar-refractivity contribution < 1.29 is 14.3 Å². The number of hydrogen-bond donors (Lipinski definition) is 1. The van der Waals surface area contributed by atoms with Crippen LogP contribution in [0.25, 0.3) is 5.69 Å². The number of benzene rings is 1. The minimum atomic E-state index is -0.317. The zero-order valence-corrected chi connectivity index (χ0v) is 16.7. The zero-order valence-electron chi connectivity index (χ0n) is 16.7. The first kappa shape index (κ1) is 19.4. The van der Waals surface area contributed by atoms with E-state index in [1.54, 1.807) is 15.9 Å². The third-order valence-corrected chi connectivity index (χ3v) is 5.83. The zero-order chi connectivity index (χ0) is 20.4. The van der Waals surface area contributed by atoms with E-state index in [0.29, 0.717) is 19.6 Å². The number of carbonyl (C=O) groups excluding carboxylic acids is 2. The Balaban J connectivity index is 1.31. The highest BCUT2D eigenvalue weighted by Crippen LogP contribution is 2.30. The predicted octanol–water partition coefficient (Wildman–Crippen LogP) is 1.36. The van der Waals surface area contributed by atoms with Crippen molar-refractivity contribution in [2.75, 3.05) is 33.3 Å². The lowest BCUT2D eigenvalue weighted by Gasteiger charge is -2.46. The Bertz CT molecular complexity index is 859. The van der Waals surface area contributed by atoms with Gasteiger partial charge in [0.1, 0.15) is 19.3 Å². The number of piperidine rings is 1. The van der Waals surface area contributed by atoms with Crippen molar-refractivity contribution in [1.29, 1.82) is 0 Å². The molecular formula is C20H26N6O3. The normalized spacial score (nSPS) is 20.0. The van der Waals surface area contributed by atoms with Crippen LogP contribution in [0.2, 0.25) is 0 Å². The fourth-order valence-electron chi connectivity index (χ4n) is 3.93. The van der Waals surface area contributed by atoms with Crippen LogP contribution in [0.3, 0.4) is 0 Å². The molecule has 3 heterocycles. The van der Waals surface area contributed by atoms with Crippen molar-refractivity contribution in [2.45, 2.75) is 31.4 Å². The summed E-state index contributed by atoms with van der Waals surface area (Å²) >= 11 is 0. The number of likely N-dealkylation sites (N-methyl/N-ethyl adjacent to an activating group) is 1. The molecule has 4 rings (SSSR count). The van der Waals surface area contributed by atoms with Crippen LogP contribution >= 0.6 is 0 Å². The summed E-state index contributed by atoms with van der Waals surface area (Å²) in [6, 6.07) is 7.68. The molecule has 1 unspecified atom stereocenters. The van der Waals surface area contributed by atoms with Crippen LogP contribution in [0.5, 0.6) is 0 Å². The number of urea groups is 1. The number of nitrogens with one attached hydrogen (secondary N) is 1. The smallest absolute Gasteiger partial charge is 0.317 e. The van der Waals surface area contributed by atoms with E-state index in [-0.39, 0.29) is 30.2 Å². The van der Waals surface area contributed by atoms with Gasteiger partial charge in [-0.1, -0.05) is 12.1 Å². The average Bonchev–Trinajstić information content (AvgIpc) is 3.27. The number of carbonyl (C=O) groups is 2. The molecule has 1 N–H and O–H groups in total. The highest BCUT2D eigenvalue weighted by Gasteiger charge is 2.42. The molecule has 3 amide bonds. The van der Waals surface area contributed by atoms with Crippen LogP contribution in [0.4, 0.5) is 4.79 Å². The van der Waals surface area contributed by atoms with Crippen molar-refractivity contribution in [2.24, 2.45) is 0 Å². The lowest BCUT2D eigenvalue weighted by molar-refractivity contribution is -0.167. The first-order valence-corrected chi connectivity index (χ1v) is 9.84. The van der Waals surface area contributed by atoms with Crippen LogP contribution < -0.4 is 5.32 Å². The predicted molar refractivity (Wildman–Crippen MR) is 105 cm³/mol. The van der Waals surface area contributed by atoms with E-state index in [2.05, 4.69) is 15.4 Å². The Labute approximate surface area is 169 Å². The van der Waals surface area contributed by atoms with Crippen molar-refractivity contribution in [3.8, 4) is 5.69 Å².